The van der Waals surface area contributed by atoms with Gasteiger partial charge in [-0.15, -0.1) is 0 Å². The first-order valence-electron chi connectivity index (χ1n) is 9.64. The highest BCUT2D eigenvalue weighted by molar-refractivity contribution is 9.10. The zero-order valence-corrected chi connectivity index (χ0v) is 20.5. The van der Waals surface area contributed by atoms with Crippen molar-refractivity contribution in [3.8, 4) is 11.5 Å². The minimum atomic E-state index is -0.817. The molecule has 3 atom stereocenters. The number of methoxy groups -OCH3 is 2. The maximum atomic E-state index is 11.6. The van der Waals surface area contributed by atoms with Gasteiger partial charge in [0.2, 0.25) is 0 Å². The number of ketones is 1. The Kier molecular flexibility index (Phi) is 8.31. The Morgan fingerprint density at radius 2 is 1.66 bits per heavy atom. The molecule has 1 aromatic heterocycles. The van der Waals surface area contributed by atoms with Crippen molar-refractivity contribution >= 4 is 37.6 Å². The summed E-state index contributed by atoms with van der Waals surface area (Å²) in [5.41, 5.74) is 1.38. The number of hydrogen-bond acceptors (Lipinski definition) is 6. The van der Waals surface area contributed by atoms with Gasteiger partial charge in [-0.1, -0.05) is 37.9 Å². The number of carbonyl (C=O) groups is 1. The second-order valence-electron chi connectivity index (χ2n) is 6.92. The van der Waals surface area contributed by atoms with Crippen LogP contribution in [0.25, 0.3) is 0 Å². The summed E-state index contributed by atoms with van der Waals surface area (Å²) in [5.74, 6) is 1.10. The highest BCUT2D eigenvalue weighted by atomic mass is 79.9. The van der Waals surface area contributed by atoms with Gasteiger partial charge in [0.1, 0.15) is 23.4 Å². The molecule has 0 amide bonds. The van der Waals surface area contributed by atoms with E-state index in [2.05, 4.69) is 31.9 Å². The first-order valence-corrected chi connectivity index (χ1v) is 11.2. The largest absolute Gasteiger partial charge is 0.496 e. The van der Waals surface area contributed by atoms with E-state index in [0.717, 1.165) is 8.95 Å². The van der Waals surface area contributed by atoms with Crippen LogP contribution in [0.5, 0.6) is 11.5 Å². The van der Waals surface area contributed by atoms with Crippen molar-refractivity contribution in [3.63, 3.8) is 0 Å². The Bertz CT molecular complexity index is 1090. The lowest BCUT2D eigenvalue weighted by atomic mass is 9.93. The zero-order valence-electron chi connectivity index (χ0n) is 17.4. The zero-order chi connectivity index (χ0) is 23.3. The molecule has 0 saturated heterocycles. The predicted octanol–water partition coefficient (Wildman–Crippen LogP) is 5.17. The predicted molar refractivity (Wildman–Crippen MR) is 127 cm³/mol. The quantitative estimate of drug-likeness (QED) is 0.443. The van der Waals surface area contributed by atoms with Crippen molar-refractivity contribution in [3.05, 3.63) is 92.8 Å². The van der Waals surface area contributed by atoms with E-state index in [1.807, 2.05) is 18.2 Å². The molecule has 168 valence electrons. The van der Waals surface area contributed by atoms with Crippen molar-refractivity contribution in [2.24, 2.45) is 0 Å². The van der Waals surface area contributed by atoms with Gasteiger partial charge < -0.3 is 24.1 Å². The molecule has 0 spiro atoms. The fraction of sp³-hybridized carbons (Fsp3) is 0.208. The normalized spacial score (nSPS) is 18.1. The summed E-state index contributed by atoms with van der Waals surface area (Å²) in [7, 11) is 3.12. The molecule has 1 aliphatic carbocycles. The monoisotopic (exact) mass is 564 g/mol. The van der Waals surface area contributed by atoms with Crippen LogP contribution in [0.15, 0.2) is 80.3 Å². The molecule has 0 bridgehead atoms. The smallest absolute Gasteiger partial charge is 0.165 e. The van der Waals surface area contributed by atoms with Crippen molar-refractivity contribution in [2.45, 2.75) is 18.1 Å². The molecule has 4 rings (SSSR count). The summed E-state index contributed by atoms with van der Waals surface area (Å²) >= 11 is 6.70. The highest BCUT2D eigenvalue weighted by Gasteiger charge is 2.32. The van der Waals surface area contributed by atoms with Crippen LogP contribution in [-0.4, -0.2) is 36.3 Å². The molecule has 3 aromatic rings. The average Bonchev–Trinajstić information content (AvgIpc) is 3.43. The first-order chi connectivity index (χ1) is 15.3. The minimum absolute atomic E-state index is 0.0936. The van der Waals surface area contributed by atoms with E-state index in [1.165, 1.54) is 18.4 Å². The second-order valence-corrected chi connectivity index (χ2v) is 8.75. The Hall–Kier alpha value is -2.39. The number of benzene rings is 2. The Morgan fingerprint density at radius 3 is 2.22 bits per heavy atom. The van der Waals surface area contributed by atoms with Gasteiger partial charge in [-0.3, -0.25) is 4.79 Å². The number of ether oxygens (including phenoxy) is 2. The minimum Gasteiger partial charge on any atom is -0.496 e. The van der Waals surface area contributed by atoms with E-state index < -0.39 is 18.1 Å². The van der Waals surface area contributed by atoms with E-state index in [1.54, 1.807) is 44.6 Å². The average molecular weight is 566 g/mol. The Morgan fingerprint density at radius 1 is 1.00 bits per heavy atom. The van der Waals surface area contributed by atoms with Gasteiger partial charge in [-0.25, -0.2) is 0 Å². The molecule has 8 heteroatoms. The summed E-state index contributed by atoms with van der Waals surface area (Å²) in [6, 6.07) is 14.3. The summed E-state index contributed by atoms with van der Waals surface area (Å²) in [6.07, 6.45) is 2.87. The summed E-state index contributed by atoms with van der Waals surface area (Å²) < 4.78 is 17.3. The summed E-state index contributed by atoms with van der Waals surface area (Å²) in [4.78, 5) is 11.6. The molecule has 6 nitrogen and oxygen atoms in total. The summed E-state index contributed by atoms with van der Waals surface area (Å²) in [6.45, 7) is 0. The van der Waals surface area contributed by atoms with Crippen LogP contribution in [-0.2, 0) is 4.79 Å². The Balaban J connectivity index is 0.000000181. The van der Waals surface area contributed by atoms with E-state index in [4.69, 9.17) is 13.9 Å². The van der Waals surface area contributed by atoms with Gasteiger partial charge in [0.25, 0.3) is 0 Å². The van der Waals surface area contributed by atoms with Gasteiger partial charge in [0.05, 0.1) is 32.5 Å². The summed E-state index contributed by atoms with van der Waals surface area (Å²) in [5, 5.41) is 19.9. The number of aliphatic hydroxyl groups is 2. The third kappa shape index (κ3) is 5.50. The number of halogens is 2. The topological polar surface area (TPSA) is 89.1 Å². The van der Waals surface area contributed by atoms with Gasteiger partial charge >= 0.3 is 0 Å². The van der Waals surface area contributed by atoms with Crippen LogP contribution in [0.3, 0.4) is 0 Å². The third-order valence-corrected chi connectivity index (χ3v) is 5.92. The van der Waals surface area contributed by atoms with Crippen LogP contribution in [0.2, 0.25) is 0 Å². The molecule has 0 fully saturated rings. The fourth-order valence-corrected chi connectivity index (χ4v) is 4.14. The maximum absolute atomic E-state index is 11.6. The number of hydrogen-bond donors (Lipinski definition) is 2. The Labute approximate surface area is 202 Å². The molecule has 1 heterocycles. The molecule has 3 unspecified atom stereocenters. The van der Waals surface area contributed by atoms with Crippen molar-refractivity contribution in [1.29, 1.82) is 0 Å². The number of furan rings is 1. The van der Waals surface area contributed by atoms with Gasteiger partial charge in [0, 0.05) is 20.1 Å². The standard InChI is InChI=1S/2C12H11BrO3/c1-16-11-5-2-7(13)6-8(11)12-9(14)3-4-10(12)15;1-15-10-5-4-8(13)7-9(10)12(14)11-3-2-6-16-11/h2-6,9,12,14H,1H3;2-7,12,14H,1H3. The van der Waals surface area contributed by atoms with Crippen LogP contribution < -0.4 is 9.47 Å². The van der Waals surface area contributed by atoms with Crippen molar-refractivity contribution < 1.29 is 28.9 Å². The lowest BCUT2D eigenvalue weighted by molar-refractivity contribution is -0.116. The van der Waals surface area contributed by atoms with Crippen molar-refractivity contribution in [1.82, 2.24) is 0 Å². The van der Waals surface area contributed by atoms with Crippen LogP contribution in [0, 0.1) is 0 Å². The van der Waals surface area contributed by atoms with Gasteiger partial charge in [0.15, 0.2) is 5.78 Å². The van der Waals surface area contributed by atoms with Gasteiger partial charge in [-0.05, 0) is 54.6 Å². The van der Waals surface area contributed by atoms with Crippen LogP contribution >= 0.6 is 31.9 Å². The number of aliphatic hydroxyl groups excluding tert-OH is 2. The lowest BCUT2D eigenvalue weighted by Crippen LogP contribution is -2.18. The maximum Gasteiger partial charge on any atom is 0.165 e. The van der Waals surface area contributed by atoms with Crippen LogP contribution in [0.1, 0.15) is 28.9 Å². The van der Waals surface area contributed by atoms with E-state index in [9.17, 15) is 15.0 Å². The molecule has 0 saturated carbocycles. The van der Waals surface area contributed by atoms with Crippen LogP contribution in [0.4, 0.5) is 0 Å². The molecule has 1 aliphatic rings. The highest BCUT2D eigenvalue weighted by Crippen LogP contribution is 2.35. The van der Waals surface area contributed by atoms with E-state index >= 15 is 0 Å². The first kappa shape index (κ1) is 24.3. The third-order valence-electron chi connectivity index (χ3n) is 4.93. The fourth-order valence-electron chi connectivity index (χ4n) is 3.38. The SMILES string of the molecule is COc1ccc(Br)cc1C(O)c1ccco1.COc1ccc(Br)cc1C1C(=O)C=CC1O. The molecule has 32 heavy (non-hydrogen) atoms. The van der Waals surface area contributed by atoms with E-state index in [-0.39, 0.29) is 5.78 Å². The second kappa shape index (κ2) is 11.0. The molecule has 0 radical (unpaired) electrons. The number of carbonyl (C=O) groups excluding carboxylic acids is 1. The molecule has 2 N–H and O–H groups in total. The van der Waals surface area contributed by atoms with Crippen molar-refractivity contribution in [2.75, 3.05) is 14.2 Å². The number of allylic oxidation sites excluding steroid dienone is 1. The molecular formula is C24H22Br2O6. The van der Waals surface area contributed by atoms with E-state index in [0.29, 0.717) is 28.4 Å². The lowest BCUT2D eigenvalue weighted by Gasteiger charge is -2.17. The molecule has 2 aromatic carbocycles. The molecular weight excluding hydrogens is 544 g/mol. The van der Waals surface area contributed by atoms with Gasteiger partial charge in [-0.2, -0.15) is 0 Å². The molecule has 0 aliphatic heterocycles. The number of rotatable bonds is 5.